The average Bonchev–Trinajstić information content (AvgIpc) is 2.85. The lowest BCUT2D eigenvalue weighted by Gasteiger charge is -2.23. The molecule has 1 saturated heterocycles. The molecule has 0 saturated carbocycles. The Morgan fingerprint density at radius 2 is 0.895 bits per heavy atom. The van der Waals surface area contributed by atoms with E-state index in [9.17, 15) is 49.6 Å². The van der Waals surface area contributed by atoms with Gasteiger partial charge in [-0.2, -0.15) is 0 Å². The number of non-ortho nitro benzene ring substituents is 2. The van der Waals surface area contributed by atoms with Crippen LogP contribution in [0, 0.1) is 20.2 Å². The summed E-state index contributed by atoms with van der Waals surface area (Å²) >= 11 is 0. The minimum Gasteiger partial charge on any atom is -0.545 e. The summed E-state index contributed by atoms with van der Waals surface area (Å²) in [5.41, 5.74) is -3.22. The molecule has 0 amide bonds. The number of quaternary nitrogens is 2. The molecule has 2 aromatic rings. The third-order valence-electron chi connectivity index (χ3n) is 5.18. The SMILES string of the molecule is C[NH+]1CC[NH+](C)CC1.O=C([O-])c1cc(C(=O)O)cc([N+](=O)[O-])c1.O=C([O-])c1cc(C(=O)O)cc([N+](=O)[O-])c1. The van der Waals surface area contributed by atoms with Crippen molar-refractivity contribution in [3.8, 4) is 0 Å². The molecule has 38 heavy (non-hydrogen) atoms. The zero-order valence-corrected chi connectivity index (χ0v) is 20.2. The number of carboxylic acids is 4. The molecule has 1 fully saturated rings. The van der Waals surface area contributed by atoms with Gasteiger partial charge in [0.2, 0.25) is 0 Å². The van der Waals surface area contributed by atoms with E-state index in [1.54, 1.807) is 9.80 Å². The topological polar surface area (TPSA) is 250 Å². The van der Waals surface area contributed by atoms with Gasteiger partial charge in [-0.15, -0.1) is 0 Å². The molecule has 2 aromatic carbocycles. The highest BCUT2D eigenvalue weighted by Crippen LogP contribution is 2.18. The molecule has 1 aliphatic heterocycles. The first kappa shape index (κ1) is 31.1. The number of nitrogens with zero attached hydrogens (tertiary/aromatic N) is 2. The quantitative estimate of drug-likeness (QED) is 0.206. The molecule has 4 N–H and O–H groups in total. The Hall–Kier alpha value is -4.96. The number of carboxylic acid groups (broad SMARTS) is 4. The largest absolute Gasteiger partial charge is 0.545 e. The van der Waals surface area contributed by atoms with Crippen molar-refractivity contribution in [2.45, 2.75) is 0 Å². The molecule has 0 unspecified atom stereocenters. The molecule has 16 nitrogen and oxygen atoms in total. The summed E-state index contributed by atoms with van der Waals surface area (Å²) in [7, 11) is 4.54. The second-order valence-corrected chi connectivity index (χ2v) is 8.15. The predicted molar refractivity (Wildman–Crippen MR) is 122 cm³/mol. The van der Waals surface area contributed by atoms with Gasteiger partial charge in [-0.3, -0.25) is 20.2 Å². The number of hydrogen-bond donors (Lipinski definition) is 4. The molecular weight excluding hydrogens is 512 g/mol. The monoisotopic (exact) mass is 536 g/mol. The first-order valence-corrected chi connectivity index (χ1v) is 10.7. The maximum atomic E-state index is 10.5. The molecule has 0 aromatic heterocycles. The number of nitro groups is 2. The Bertz CT molecular complexity index is 985. The van der Waals surface area contributed by atoms with E-state index < -0.39 is 67.4 Å². The van der Waals surface area contributed by atoms with Crippen molar-refractivity contribution in [2.24, 2.45) is 0 Å². The Balaban J connectivity index is 0.000000298. The van der Waals surface area contributed by atoms with Crippen molar-refractivity contribution in [1.29, 1.82) is 0 Å². The summed E-state index contributed by atoms with van der Waals surface area (Å²) in [6, 6.07) is 4.61. The Kier molecular flexibility index (Phi) is 11.4. The maximum Gasteiger partial charge on any atom is 0.335 e. The fraction of sp³-hybridized carbons (Fsp3) is 0.273. The van der Waals surface area contributed by atoms with Crippen LogP contribution in [0.2, 0.25) is 0 Å². The molecule has 1 aliphatic rings. The highest BCUT2D eigenvalue weighted by molar-refractivity contribution is 5.94. The van der Waals surface area contributed by atoms with Crippen LogP contribution >= 0.6 is 0 Å². The van der Waals surface area contributed by atoms with Gasteiger partial charge in [-0.05, 0) is 12.1 Å². The normalized spacial score (nSPS) is 15.9. The molecule has 3 rings (SSSR count). The van der Waals surface area contributed by atoms with Gasteiger partial charge < -0.3 is 39.8 Å². The summed E-state index contributed by atoms with van der Waals surface area (Å²) < 4.78 is 0. The average molecular weight is 536 g/mol. The first-order chi connectivity index (χ1) is 17.6. The van der Waals surface area contributed by atoms with Crippen LogP contribution in [0.15, 0.2) is 36.4 Å². The molecule has 0 radical (unpaired) electrons. The molecule has 1 heterocycles. The number of benzene rings is 2. The molecule has 0 spiro atoms. The molecule has 0 bridgehead atoms. The molecule has 16 heteroatoms. The lowest BCUT2D eigenvalue weighted by atomic mass is 10.1. The minimum atomic E-state index is -1.67. The van der Waals surface area contributed by atoms with Crippen molar-refractivity contribution in [3.05, 3.63) is 78.9 Å². The van der Waals surface area contributed by atoms with Gasteiger partial charge in [0.25, 0.3) is 11.4 Å². The number of rotatable bonds is 6. The summed E-state index contributed by atoms with van der Waals surface area (Å²) in [6.45, 7) is 5.41. The summed E-state index contributed by atoms with van der Waals surface area (Å²) in [4.78, 5) is 64.2. The second kappa shape index (κ2) is 14.0. The van der Waals surface area contributed by atoms with Crippen molar-refractivity contribution in [1.82, 2.24) is 0 Å². The van der Waals surface area contributed by atoms with Gasteiger partial charge in [0, 0.05) is 35.4 Å². The molecule has 0 aliphatic carbocycles. The summed E-state index contributed by atoms with van der Waals surface area (Å²) in [5.74, 6) is -6.22. The number of hydrogen-bond acceptors (Lipinski definition) is 10. The van der Waals surface area contributed by atoms with Crippen LogP contribution in [0.1, 0.15) is 41.4 Å². The van der Waals surface area contributed by atoms with Crippen LogP contribution in [0.5, 0.6) is 0 Å². The number of carbonyl (C=O) groups excluding carboxylic acids is 2. The van der Waals surface area contributed by atoms with Crippen LogP contribution < -0.4 is 20.0 Å². The third kappa shape index (κ3) is 9.96. The molecular formula is C22H24N4O12. The van der Waals surface area contributed by atoms with E-state index in [-0.39, 0.29) is 0 Å². The van der Waals surface area contributed by atoms with E-state index in [0.29, 0.717) is 0 Å². The van der Waals surface area contributed by atoms with E-state index >= 15 is 0 Å². The fourth-order valence-electron chi connectivity index (χ4n) is 3.02. The number of piperazine rings is 1. The Morgan fingerprint density at radius 3 is 1.11 bits per heavy atom. The van der Waals surface area contributed by atoms with Crippen molar-refractivity contribution in [3.63, 3.8) is 0 Å². The summed E-state index contributed by atoms with van der Waals surface area (Å²) in [6.07, 6.45) is 0. The van der Waals surface area contributed by atoms with Gasteiger partial charge >= 0.3 is 11.9 Å². The second-order valence-electron chi connectivity index (χ2n) is 8.15. The minimum absolute atomic E-state index is 0.469. The van der Waals surface area contributed by atoms with Crippen molar-refractivity contribution in [2.75, 3.05) is 40.3 Å². The van der Waals surface area contributed by atoms with Gasteiger partial charge in [-0.25, -0.2) is 9.59 Å². The smallest absolute Gasteiger partial charge is 0.335 e. The zero-order chi connectivity index (χ0) is 29.2. The summed E-state index contributed by atoms with van der Waals surface area (Å²) in [5, 5.41) is 58.7. The first-order valence-electron chi connectivity index (χ1n) is 10.7. The van der Waals surface area contributed by atoms with Crippen LogP contribution in [0.25, 0.3) is 0 Å². The van der Waals surface area contributed by atoms with Crippen molar-refractivity contribution < 1.29 is 59.3 Å². The van der Waals surface area contributed by atoms with E-state index in [4.69, 9.17) is 10.2 Å². The van der Waals surface area contributed by atoms with E-state index in [0.717, 1.165) is 36.4 Å². The van der Waals surface area contributed by atoms with Gasteiger partial charge in [0.15, 0.2) is 0 Å². The number of carbonyl (C=O) groups is 4. The van der Waals surface area contributed by atoms with Crippen LogP contribution in [0.4, 0.5) is 11.4 Å². The van der Waals surface area contributed by atoms with Crippen LogP contribution in [-0.4, -0.2) is 84.2 Å². The lowest BCUT2D eigenvalue weighted by Crippen LogP contribution is -3.25. The number of likely N-dealkylation sites (N-methyl/N-ethyl adjacent to an activating group) is 2. The number of aromatic carboxylic acids is 4. The lowest BCUT2D eigenvalue weighted by molar-refractivity contribution is -0.994. The maximum absolute atomic E-state index is 10.5. The van der Waals surface area contributed by atoms with E-state index in [2.05, 4.69) is 14.1 Å². The Labute approximate surface area is 214 Å². The number of nitrogens with one attached hydrogen (secondary N) is 2. The standard InChI is InChI=1S/2C8H5NO6.C6H14N2/c2*10-7(11)4-1-5(8(12)13)3-6(2-4)9(14)15;1-7-3-5-8(2)6-4-7/h2*1-3H,(H,10,11)(H,12,13);3-6H2,1-2H3. The predicted octanol–water partition coefficient (Wildman–Crippen LogP) is -3.66. The fourth-order valence-corrected chi connectivity index (χ4v) is 3.02. The van der Waals surface area contributed by atoms with Crippen LogP contribution in [0.3, 0.4) is 0 Å². The number of nitro benzene ring substituents is 2. The zero-order valence-electron chi connectivity index (χ0n) is 20.2. The molecule has 204 valence electrons. The highest BCUT2D eigenvalue weighted by Gasteiger charge is 2.16. The third-order valence-corrected chi connectivity index (χ3v) is 5.18. The van der Waals surface area contributed by atoms with Gasteiger partial charge in [0.05, 0.1) is 47.0 Å². The van der Waals surface area contributed by atoms with Gasteiger partial charge in [0.1, 0.15) is 26.2 Å². The highest BCUT2D eigenvalue weighted by atomic mass is 16.6. The molecule has 0 atom stereocenters. The van der Waals surface area contributed by atoms with E-state index in [1.807, 2.05) is 0 Å². The van der Waals surface area contributed by atoms with Gasteiger partial charge in [-0.1, -0.05) is 0 Å². The van der Waals surface area contributed by atoms with E-state index in [1.165, 1.54) is 26.2 Å². The Morgan fingerprint density at radius 1 is 0.632 bits per heavy atom. The van der Waals surface area contributed by atoms with Crippen molar-refractivity contribution >= 4 is 35.3 Å². The van der Waals surface area contributed by atoms with Crippen LogP contribution in [-0.2, 0) is 0 Å².